The summed E-state index contributed by atoms with van der Waals surface area (Å²) in [4.78, 5) is 51.2. The molecule has 0 aliphatic carbocycles. The van der Waals surface area contributed by atoms with Gasteiger partial charge < -0.3 is 14.5 Å². The monoisotopic (exact) mass is 441 g/mol. The average molecular weight is 442 g/mol. The highest BCUT2D eigenvalue weighted by Crippen LogP contribution is 2.19. The number of hydrogen-bond donors (Lipinski definition) is 1. The number of nitrogens with one attached hydrogen (secondary N) is 1. The van der Waals surface area contributed by atoms with Crippen LogP contribution < -0.4 is 4.74 Å². The van der Waals surface area contributed by atoms with Gasteiger partial charge in [0.15, 0.2) is 18.2 Å². The summed E-state index contributed by atoms with van der Waals surface area (Å²) >= 11 is 0. The van der Waals surface area contributed by atoms with Crippen molar-refractivity contribution in [2.75, 3.05) is 13.2 Å². The van der Waals surface area contributed by atoms with Crippen LogP contribution in [0.25, 0.3) is 0 Å². The van der Waals surface area contributed by atoms with Gasteiger partial charge in [-0.2, -0.15) is 0 Å². The second-order valence-corrected chi connectivity index (χ2v) is 7.77. The minimum atomic E-state index is -0.629. The van der Waals surface area contributed by atoms with Crippen molar-refractivity contribution in [3.8, 4) is 5.75 Å². The molecule has 1 aromatic carbocycles. The van der Waals surface area contributed by atoms with Crippen LogP contribution in [0.15, 0.2) is 24.3 Å². The number of aryl methyl sites for hydroxylation is 1. The maximum atomic E-state index is 12.4. The number of ketones is 3. The van der Waals surface area contributed by atoms with Crippen molar-refractivity contribution in [3.05, 3.63) is 52.3 Å². The Morgan fingerprint density at radius 2 is 1.62 bits per heavy atom. The molecule has 0 unspecified atom stereocenters. The van der Waals surface area contributed by atoms with E-state index in [1.165, 1.54) is 6.92 Å². The number of ether oxygens (including phenoxy) is 2. The third-order valence-electron chi connectivity index (χ3n) is 5.18. The molecule has 0 saturated carbocycles. The quantitative estimate of drug-likeness (QED) is 0.272. The predicted octanol–water partition coefficient (Wildman–Crippen LogP) is 4.79. The normalized spacial score (nSPS) is 10.6. The fourth-order valence-corrected chi connectivity index (χ4v) is 3.49. The van der Waals surface area contributed by atoms with Gasteiger partial charge in [-0.25, -0.2) is 0 Å². The van der Waals surface area contributed by atoms with E-state index in [4.69, 9.17) is 9.47 Å². The van der Waals surface area contributed by atoms with Gasteiger partial charge in [0.25, 0.3) is 0 Å². The van der Waals surface area contributed by atoms with Crippen LogP contribution in [0.4, 0.5) is 0 Å². The van der Waals surface area contributed by atoms with Crippen LogP contribution >= 0.6 is 0 Å². The van der Waals surface area contributed by atoms with E-state index in [-0.39, 0.29) is 30.1 Å². The summed E-state index contributed by atoms with van der Waals surface area (Å²) in [5.74, 6) is -0.671. The number of aromatic amines is 1. The molecule has 0 saturated heterocycles. The van der Waals surface area contributed by atoms with Crippen LogP contribution in [-0.4, -0.2) is 41.5 Å². The highest BCUT2D eigenvalue weighted by molar-refractivity contribution is 6.04. The van der Waals surface area contributed by atoms with Crippen LogP contribution in [-0.2, 0) is 9.53 Å². The van der Waals surface area contributed by atoms with Gasteiger partial charge in [-0.05, 0) is 57.0 Å². The Kier molecular flexibility index (Phi) is 9.38. The van der Waals surface area contributed by atoms with Crippen LogP contribution in [0.2, 0.25) is 0 Å². The van der Waals surface area contributed by atoms with Gasteiger partial charge in [0.05, 0.1) is 18.7 Å². The van der Waals surface area contributed by atoms with Gasteiger partial charge >= 0.3 is 5.97 Å². The lowest BCUT2D eigenvalue weighted by atomic mass is 10.1. The highest BCUT2D eigenvalue weighted by atomic mass is 16.5. The van der Waals surface area contributed by atoms with Crippen LogP contribution in [0, 0.1) is 13.8 Å². The molecule has 1 aromatic heterocycles. The van der Waals surface area contributed by atoms with Crippen molar-refractivity contribution in [1.29, 1.82) is 0 Å². The van der Waals surface area contributed by atoms with Gasteiger partial charge in [-0.3, -0.25) is 19.2 Å². The van der Waals surface area contributed by atoms with Crippen LogP contribution in [0.5, 0.6) is 5.75 Å². The molecule has 0 amide bonds. The zero-order chi connectivity index (χ0) is 23.7. The van der Waals surface area contributed by atoms with Gasteiger partial charge in [-0.15, -0.1) is 0 Å². The van der Waals surface area contributed by atoms with Crippen molar-refractivity contribution in [2.45, 2.75) is 59.8 Å². The molecule has 0 radical (unpaired) electrons. The molecule has 1 heterocycles. The van der Waals surface area contributed by atoms with Crippen LogP contribution in [0.3, 0.4) is 0 Å². The second-order valence-electron chi connectivity index (χ2n) is 7.77. The number of carbonyl (C=O) groups excluding carboxylic acids is 4. The molecule has 32 heavy (non-hydrogen) atoms. The number of unbranched alkanes of at least 4 members (excludes halogenated alkanes) is 2. The Morgan fingerprint density at radius 1 is 0.938 bits per heavy atom. The molecule has 0 atom stereocenters. The standard InChI is InChI=1S/C25H31NO6/c1-5-6-7-14-31-20-10-8-19(9-11-20)21(28)12-13-23(30)32-15-22(29)25-16(2)24(18(4)27)17(3)26-25/h8-11,26H,5-7,12-15H2,1-4H3. The first-order valence-electron chi connectivity index (χ1n) is 10.9. The van der Waals surface area contributed by atoms with Crippen molar-refractivity contribution < 1.29 is 28.7 Å². The lowest BCUT2D eigenvalue weighted by molar-refractivity contribution is -0.142. The Morgan fingerprint density at radius 3 is 2.22 bits per heavy atom. The van der Waals surface area contributed by atoms with E-state index in [0.717, 1.165) is 19.3 Å². The zero-order valence-corrected chi connectivity index (χ0v) is 19.2. The smallest absolute Gasteiger partial charge is 0.306 e. The molecule has 2 rings (SSSR count). The molecule has 0 aliphatic heterocycles. The molecule has 7 nitrogen and oxygen atoms in total. The number of benzene rings is 1. The zero-order valence-electron chi connectivity index (χ0n) is 19.2. The van der Waals surface area contributed by atoms with Gasteiger partial charge in [0.1, 0.15) is 5.75 Å². The summed E-state index contributed by atoms with van der Waals surface area (Å²) in [5.41, 5.74) is 2.37. The molecule has 0 aliphatic rings. The molecular weight excluding hydrogens is 410 g/mol. The first-order chi connectivity index (χ1) is 15.2. The highest BCUT2D eigenvalue weighted by Gasteiger charge is 2.21. The molecule has 0 bridgehead atoms. The number of rotatable bonds is 13. The summed E-state index contributed by atoms with van der Waals surface area (Å²) in [5, 5.41) is 0. The molecule has 1 N–H and O–H groups in total. The maximum absolute atomic E-state index is 12.4. The minimum absolute atomic E-state index is 0.0150. The van der Waals surface area contributed by atoms with Crippen molar-refractivity contribution in [1.82, 2.24) is 4.98 Å². The lowest BCUT2D eigenvalue weighted by Gasteiger charge is -2.07. The third kappa shape index (κ3) is 6.90. The first-order valence-corrected chi connectivity index (χ1v) is 10.9. The SMILES string of the molecule is CCCCCOc1ccc(C(=O)CCC(=O)OCC(=O)c2[nH]c(C)c(C(C)=O)c2C)cc1. The number of aromatic nitrogens is 1. The number of Topliss-reactive ketones (excluding diaryl/α,β-unsaturated/α-hetero) is 3. The summed E-state index contributed by atoms with van der Waals surface area (Å²) in [6.07, 6.45) is 3.09. The van der Waals surface area contributed by atoms with Crippen LogP contribution in [0.1, 0.15) is 88.4 Å². The molecule has 172 valence electrons. The average Bonchev–Trinajstić information content (AvgIpc) is 3.07. The summed E-state index contributed by atoms with van der Waals surface area (Å²) < 4.78 is 10.7. The topological polar surface area (TPSA) is 103 Å². The van der Waals surface area contributed by atoms with Crippen molar-refractivity contribution >= 4 is 23.3 Å². The third-order valence-corrected chi connectivity index (χ3v) is 5.18. The summed E-state index contributed by atoms with van der Waals surface area (Å²) in [6.45, 7) is 7.14. The number of esters is 1. The number of H-pyrrole nitrogens is 1. The molecule has 0 spiro atoms. The predicted molar refractivity (Wildman–Crippen MR) is 121 cm³/mol. The van der Waals surface area contributed by atoms with Gasteiger partial charge in [-0.1, -0.05) is 19.8 Å². The fourth-order valence-electron chi connectivity index (χ4n) is 3.49. The Hall–Kier alpha value is -3.22. The van der Waals surface area contributed by atoms with Gasteiger partial charge in [0.2, 0.25) is 5.78 Å². The summed E-state index contributed by atoms with van der Waals surface area (Å²) in [7, 11) is 0. The minimum Gasteiger partial charge on any atom is -0.494 e. The maximum Gasteiger partial charge on any atom is 0.306 e. The fraction of sp³-hybridized carbons (Fsp3) is 0.440. The molecule has 7 heteroatoms. The largest absolute Gasteiger partial charge is 0.494 e. The lowest BCUT2D eigenvalue weighted by Crippen LogP contribution is -2.16. The van der Waals surface area contributed by atoms with E-state index in [1.54, 1.807) is 38.1 Å². The Bertz CT molecular complexity index is 971. The van der Waals surface area contributed by atoms with E-state index in [1.807, 2.05) is 0 Å². The van der Waals surface area contributed by atoms with E-state index in [0.29, 0.717) is 34.7 Å². The van der Waals surface area contributed by atoms with E-state index in [9.17, 15) is 19.2 Å². The molecule has 0 fully saturated rings. The van der Waals surface area contributed by atoms with E-state index in [2.05, 4.69) is 11.9 Å². The van der Waals surface area contributed by atoms with E-state index >= 15 is 0 Å². The number of hydrogen-bond acceptors (Lipinski definition) is 6. The first kappa shape index (κ1) is 25.0. The molecule has 2 aromatic rings. The van der Waals surface area contributed by atoms with Crippen molar-refractivity contribution in [3.63, 3.8) is 0 Å². The van der Waals surface area contributed by atoms with E-state index < -0.39 is 18.4 Å². The second kappa shape index (κ2) is 12.0. The Balaban J connectivity index is 1.79. The molecular formula is C25H31NO6. The Labute approximate surface area is 188 Å². The summed E-state index contributed by atoms with van der Waals surface area (Å²) in [6, 6.07) is 6.84. The van der Waals surface area contributed by atoms with Gasteiger partial charge in [0, 0.05) is 23.2 Å². The van der Waals surface area contributed by atoms with Crippen molar-refractivity contribution in [2.24, 2.45) is 0 Å². The number of carbonyl (C=O) groups is 4.